The molecule has 0 amide bonds. The molecule has 144 valence electrons. The number of hydrogen-bond donors (Lipinski definition) is 1. The van der Waals surface area contributed by atoms with Crippen LogP contribution in [-0.2, 0) is 11.2 Å². The predicted molar refractivity (Wildman–Crippen MR) is 110 cm³/mol. The van der Waals surface area contributed by atoms with Gasteiger partial charge in [0.15, 0.2) is 0 Å². The Labute approximate surface area is 161 Å². The van der Waals surface area contributed by atoms with E-state index in [1.807, 2.05) is 0 Å². The van der Waals surface area contributed by atoms with Crippen LogP contribution in [0.15, 0.2) is 47.3 Å². The molecule has 2 fully saturated rings. The normalized spacial score (nSPS) is 21.1. The summed E-state index contributed by atoms with van der Waals surface area (Å²) < 4.78 is 5.46. The molecular weight excluding hydrogens is 338 g/mol. The van der Waals surface area contributed by atoms with Crippen LogP contribution in [0.5, 0.6) is 0 Å². The number of anilines is 2. The molecule has 2 aliphatic heterocycles. The van der Waals surface area contributed by atoms with Crippen LogP contribution < -0.4 is 15.4 Å². The third-order valence-electron chi connectivity index (χ3n) is 5.69. The van der Waals surface area contributed by atoms with Crippen molar-refractivity contribution in [1.82, 2.24) is 4.98 Å². The molecule has 0 saturated carbocycles. The van der Waals surface area contributed by atoms with Crippen molar-refractivity contribution < 1.29 is 4.74 Å². The van der Waals surface area contributed by atoms with Gasteiger partial charge in [-0.25, -0.2) is 0 Å². The van der Waals surface area contributed by atoms with E-state index in [0.29, 0.717) is 6.04 Å². The summed E-state index contributed by atoms with van der Waals surface area (Å²) in [5.74, 6) is 0.965. The van der Waals surface area contributed by atoms with E-state index in [9.17, 15) is 4.79 Å². The van der Waals surface area contributed by atoms with Crippen LogP contribution in [0.4, 0.5) is 11.5 Å². The summed E-state index contributed by atoms with van der Waals surface area (Å²) in [5, 5.41) is 0. The predicted octanol–water partition coefficient (Wildman–Crippen LogP) is 3.20. The maximum Gasteiger partial charge on any atom is 0.251 e. The summed E-state index contributed by atoms with van der Waals surface area (Å²) in [5.41, 5.74) is 2.36. The van der Waals surface area contributed by atoms with Crippen molar-refractivity contribution in [2.75, 3.05) is 42.6 Å². The lowest BCUT2D eigenvalue weighted by atomic mass is 10.0. The van der Waals surface area contributed by atoms with E-state index in [2.05, 4.69) is 51.2 Å². The summed E-state index contributed by atoms with van der Waals surface area (Å²) in [6.07, 6.45) is 5.87. The number of hydrogen-bond acceptors (Lipinski definition) is 4. The molecular formula is C22H29N3O2. The van der Waals surface area contributed by atoms with Gasteiger partial charge in [-0.3, -0.25) is 4.79 Å². The average Bonchev–Trinajstić information content (AvgIpc) is 2.94. The molecule has 0 radical (unpaired) electrons. The largest absolute Gasteiger partial charge is 0.378 e. The summed E-state index contributed by atoms with van der Waals surface area (Å²) in [4.78, 5) is 20.2. The summed E-state index contributed by atoms with van der Waals surface area (Å²) >= 11 is 0. The lowest BCUT2D eigenvalue weighted by Gasteiger charge is -2.34. The molecule has 0 unspecified atom stereocenters. The number of ether oxygens (including phenoxy) is 1. The van der Waals surface area contributed by atoms with Crippen LogP contribution >= 0.6 is 0 Å². The molecule has 1 N–H and O–H groups in total. The first kappa shape index (κ1) is 18.1. The van der Waals surface area contributed by atoms with Crippen molar-refractivity contribution >= 4 is 11.5 Å². The molecule has 1 atom stereocenters. The molecule has 5 heteroatoms. The smallest absolute Gasteiger partial charge is 0.251 e. The van der Waals surface area contributed by atoms with Gasteiger partial charge in [0.1, 0.15) is 5.82 Å². The zero-order valence-electron chi connectivity index (χ0n) is 15.9. The standard InChI is InChI=1S/C22H29N3O2/c26-22-17-20(24-11-13-27-14-12-24)16-21(23-22)25-10-6-2-5-9-19(25)15-18-7-3-1-4-8-18/h1,3-4,7-8,16-17,19H,2,5-6,9-15H2,(H,23,26)/t19-/m1/s1. The maximum atomic E-state index is 12.4. The van der Waals surface area contributed by atoms with Crippen LogP contribution in [0.2, 0.25) is 0 Å². The van der Waals surface area contributed by atoms with Crippen LogP contribution in [0, 0.1) is 0 Å². The first-order valence-electron chi connectivity index (χ1n) is 10.2. The molecule has 2 aromatic rings. The minimum absolute atomic E-state index is 0.0169. The lowest BCUT2D eigenvalue weighted by molar-refractivity contribution is 0.122. The van der Waals surface area contributed by atoms with Gasteiger partial charge in [-0.2, -0.15) is 0 Å². The molecule has 1 aromatic carbocycles. The zero-order chi connectivity index (χ0) is 18.5. The number of rotatable bonds is 4. The number of H-pyrrole nitrogens is 1. The van der Waals surface area contributed by atoms with E-state index < -0.39 is 0 Å². The number of aromatic amines is 1. The van der Waals surface area contributed by atoms with Gasteiger partial charge in [0.2, 0.25) is 0 Å². The van der Waals surface area contributed by atoms with Gasteiger partial charge in [0.05, 0.1) is 13.2 Å². The second kappa shape index (κ2) is 8.61. The zero-order valence-corrected chi connectivity index (χ0v) is 15.9. The van der Waals surface area contributed by atoms with E-state index in [-0.39, 0.29) is 5.56 Å². The van der Waals surface area contributed by atoms with E-state index in [0.717, 1.165) is 50.8 Å². The molecule has 2 saturated heterocycles. The fourth-order valence-corrected chi connectivity index (χ4v) is 4.27. The average molecular weight is 367 g/mol. The molecule has 4 rings (SSSR count). The topological polar surface area (TPSA) is 48.6 Å². The molecule has 3 heterocycles. The Hall–Kier alpha value is -2.27. The summed E-state index contributed by atoms with van der Waals surface area (Å²) in [6.45, 7) is 4.14. The highest BCUT2D eigenvalue weighted by Gasteiger charge is 2.23. The van der Waals surface area contributed by atoms with E-state index >= 15 is 0 Å². The van der Waals surface area contributed by atoms with Crippen molar-refractivity contribution in [3.8, 4) is 0 Å². The monoisotopic (exact) mass is 367 g/mol. The summed E-state index contributed by atoms with van der Waals surface area (Å²) in [7, 11) is 0. The third kappa shape index (κ3) is 4.53. The van der Waals surface area contributed by atoms with Gasteiger partial charge >= 0.3 is 0 Å². The van der Waals surface area contributed by atoms with Crippen molar-refractivity contribution in [3.05, 3.63) is 58.4 Å². The molecule has 27 heavy (non-hydrogen) atoms. The number of pyridine rings is 1. The molecule has 0 spiro atoms. The number of aromatic nitrogens is 1. The number of nitrogens with one attached hydrogen (secondary N) is 1. The first-order valence-corrected chi connectivity index (χ1v) is 10.2. The van der Waals surface area contributed by atoms with Gasteiger partial charge in [0, 0.05) is 43.5 Å². The van der Waals surface area contributed by atoms with E-state index in [1.165, 1.54) is 31.2 Å². The Bertz CT molecular complexity index is 784. The Morgan fingerprint density at radius 3 is 2.63 bits per heavy atom. The van der Waals surface area contributed by atoms with Gasteiger partial charge in [-0.1, -0.05) is 43.2 Å². The maximum absolute atomic E-state index is 12.4. The molecule has 0 aliphatic carbocycles. The quantitative estimate of drug-likeness (QED) is 0.902. The summed E-state index contributed by atoms with van der Waals surface area (Å²) in [6, 6.07) is 15.0. The Balaban J connectivity index is 1.61. The number of morpholine rings is 1. The Morgan fingerprint density at radius 2 is 1.81 bits per heavy atom. The molecule has 5 nitrogen and oxygen atoms in total. The SMILES string of the molecule is O=c1cc(N2CCOCC2)cc(N2CCCCC[C@@H]2Cc2ccccc2)[nH]1. The lowest BCUT2D eigenvalue weighted by Crippen LogP contribution is -2.39. The van der Waals surface area contributed by atoms with Crippen molar-refractivity contribution in [1.29, 1.82) is 0 Å². The highest BCUT2D eigenvalue weighted by molar-refractivity contribution is 5.56. The first-order chi connectivity index (χ1) is 13.3. The fraction of sp³-hybridized carbons (Fsp3) is 0.500. The Kier molecular flexibility index (Phi) is 5.78. The van der Waals surface area contributed by atoms with Gasteiger partial charge < -0.3 is 19.5 Å². The Morgan fingerprint density at radius 1 is 1.00 bits per heavy atom. The molecule has 2 aliphatic rings. The minimum Gasteiger partial charge on any atom is -0.378 e. The van der Waals surface area contributed by atoms with E-state index in [1.54, 1.807) is 6.07 Å². The van der Waals surface area contributed by atoms with Crippen molar-refractivity contribution in [3.63, 3.8) is 0 Å². The van der Waals surface area contributed by atoms with Crippen LogP contribution in [0.3, 0.4) is 0 Å². The molecule has 1 aromatic heterocycles. The number of nitrogens with zero attached hydrogens (tertiary/aromatic N) is 2. The highest BCUT2D eigenvalue weighted by atomic mass is 16.5. The van der Waals surface area contributed by atoms with Gasteiger partial charge in [-0.15, -0.1) is 0 Å². The second-order valence-corrected chi connectivity index (χ2v) is 7.57. The van der Waals surface area contributed by atoms with Crippen molar-refractivity contribution in [2.24, 2.45) is 0 Å². The number of benzene rings is 1. The fourth-order valence-electron chi connectivity index (χ4n) is 4.27. The second-order valence-electron chi connectivity index (χ2n) is 7.57. The van der Waals surface area contributed by atoms with Crippen LogP contribution in [0.1, 0.15) is 31.2 Å². The highest BCUT2D eigenvalue weighted by Crippen LogP contribution is 2.27. The minimum atomic E-state index is -0.0169. The molecule has 0 bridgehead atoms. The van der Waals surface area contributed by atoms with Crippen LogP contribution in [-0.4, -0.2) is 43.9 Å². The van der Waals surface area contributed by atoms with Crippen LogP contribution in [0.25, 0.3) is 0 Å². The van der Waals surface area contributed by atoms with Crippen molar-refractivity contribution in [2.45, 2.75) is 38.1 Å². The van der Waals surface area contributed by atoms with Gasteiger partial charge in [0.25, 0.3) is 5.56 Å². The van der Waals surface area contributed by atoms with Gasteiger partial charge in [-0.05, 0) is 24.8 Å². The van der Waals surface area contributed by atoms with E-state index in [4.69, 9.17) is 4.74 Å². The third-order valence-corrected chi connectivity index (χ3v) is 5.69.